The van der Waals surface area contributed by atoms with E-state index in [-0.39, 0.29) is 0 Å². The fraction of sp³-hybridized carbons (Fsp3) is 0.277. The molecule has 0 fully saturated rings. The third-order valence-corrected chi connectivity index (χ3v) is 10.5. The number of hydrogen-bond donors (Lipinski definition) is 0. The second-order valence-corrected chi connectivity index (χ2v) is 13.6. The van der Waals surface area contributed by atoms with Gasteiger partial charge in [0.1, 0.15) is 11.5 Å². The molecule has 0 bridgehead atoms. The number of aromatic nitrogens is 2. The molecule has 5 aromatic carbocycles. The van der Waals surface area contributed by atoms with Crippen LogP contribution in [0.5, 0.6) is 11.5 Å². The second kappa shape index (κ2) is 15.3. The molecule has 2 aromatic heterocycles. The van der Waals surface area contributed by atoms with E-state index in [9.17, 15) is 0 Å². The summed E-state index contributed by atoms with van der Waals surface area (Å²) in [5, 5.41) is 5.14. The number of hydrogen-bond acceptors (Lipinski definition) is 2. The SMILES string of the molecule is CCCCC(CC)COc1cc(C=Cc2ccc3c(c2)c2ccccc2n3CC)c(OC)cc1C=Cc1ccc2c(c1)c1ccccc1n2CC. The van der Waals surface area contributed by atoms with E-state index in [2.05, 4.69) is 158 Å². The van der Waals surface area contributed by atoms with Crippen molar-refractivity contribution in [1.82, 2.24) is 9.13 Å². The fourth-order valence-corrected chi connectivity index (χ4v) is 7.66. The van der Waals surface area contributed by atoms with E-state index in [1.54, 1.807) is 7.11 Å². The molecule has 1 atom stereocenters. The van der Waals surface area contributed by atoms with Crippen molar-refractivity contribution in [3.05, 3.63) is 119 Å². The van der Waals surface area contributed by atoms with Crippen molar-refractivity contribution >= 4 is 67.9 Å². The van der Waals surface area contributed by atoms with E-state index in [0.29, 0.717) is 12.5 Å². The normalized spacial score (nSPS) is 12.7. The van der Waals surface area contributed by atoms with Crippen molar-refractivity contribution in [2.75, 3.05) is 13.7 Å². The van der Waals surface area contributed by atoms with Crippen LogP contribution in [-0.2, 0) is 13.1 Å². The Morgan fingerprint density at radius 1 is 0.569 bits per heavy atom. The number of benzene rings is 5. The van der Waals surface area contributed by atoms with Gasteiger partial charge < -0.3 is 18.6 Å². The van der Waals surface area contributed by atoms with Crippen LogP contribution in [0.3, 0.4) is 0 Å². The minimum absolute atomic E-state index is 0.526. The van der Waals surface area contributed by atoms with Crippen LogP contribution in [0.1, 0.15) is 75.6 Å². The number of ether oxygens (including phenoxy) is 2. The summed E-state index contributed by atoms with van der Waals surface area (Å²) in [5.41, 5.74) is 9.41. The molecular weight excluding hydrogens is 625 g/mol. The molecule has 0 aliphatic carbocycles. The largest absolute Gasteiger partial charge is 0.496 e. The lowest BCUT2D eigenvalue weighted by Gasteiger charge is -2.18. The molecule has 0 radical (unpaired) electrons. The van der Waals surface area contributed by atoms with Crippen LogP contribution in [0, 0.1) is 5.92 Å². The monoisotopic (exact) mass is 674 g/mol. The quantitative estimate of drug-likeness (QED) is 0.107. The summed E-state index contributed by atoms with van der Waals surface area (Å²) in [7, 11) is 1.75. The van der Waals surface area contributed by atoms with E-state index in [4.69, 9.17) is 9.47 Å². The van der Waals surface area contributed by atoms with Crippen molar-refractivity contribution in [2.45, 2.75) is 66.5 Å². The van der Waals surface area contributed by atoms with Gasteiger partial charge in [-0.1, -0.05) is 106 Å². The van der Waals surface area contributed by atoms with Crippen LogP contribution < -0.4 is 9.47 Å². The molecule has 4 heteroatoms. The highest BCUT2D eigenvalue weighted by Crippen LogP contribution is 2.35. The Hall–Kier alpha value is -5.22. The number of fused-ring (bicyclic) bond motifs is 6. The highest BCUT2D eigenvalue weighted by Gasteiger charge is 2.14. The molecular formula is C47H50N2O2. The van der Waals surface area contributed by atoms with Crippen molar-refractivity contribution in [1.29, 1.82) is 0 Å². The highest BCUT2D eigenvalue weighted by atomic mass is 16.5. The van der Waals surface area contributed by atoms with Crippen molar-refractivity contribution < 1.29 is 9.47 Å². The summed E-state index contributed by atoms with van der Waals surface area (Å²) in [6.07, 6.45) is 13.4. The lowest BCUT2D eigenvalue weighted by atomic mass is 10.0. The standard InChI is InChI=1S/C47H50N2O2/c1-6-10-15-33(7-2)32-51-47-31-36(24-20-34-22-26-44-40(28-34)38-16-11-13-18-42(38)48(44)8-3)46(50-5)30-37(47)25-21-35-23-27-45-41(29-35)39-17-12-14-19-43(39)49(45)9-4/h11-14,16-31,33H,6-10,15,32H2,1-5H3. The molecule has 0 amide bonds. The summed E-state index contributed by atoms with van der Waals surface area (Å²) >= 11 is 0. The molecule has 4 nitrogen and oxygen atoms in total. The molecule has 0 saturated carbocycles. The van der Waals surface area contributed by atoms with Crippen LogP contribution >= 0.6 is 0 Å². The predicted octanol–water partition coefficient (Wildman–Crippen LogP) is 12.9. The summed E-state index contributed by atoms with van der Waals surface area (Å²) in [6, 6.07) is 35.2. The lowest BCUT2D eigenvalue weighted by Crippen LogP contribution is -2.12. The van der Waals surface area contributed by atoms with E-state index < -0.39 is 0 Å². The van der Waals surface area contributed by atoms with Gasteiger partial charge in [0.15, 0.2) is 0 Å². The zero-order valence-electron chi connectivity index (χ0n) is 30.8. The maximum absolute atomic E-state index is 6.69. The number of nitrogens with zero attached hydrogens (tertiary/aromatic N) is 2. The Labute approximate surface area is 302 Å². The van der Waals surface area contributed by atoms with Gasteiger partial charge in [0, 0.05) is 67.8 Å². The van der Waals surface area contributed by atoms with Crippen LogP contribution in [0.25, 0.3) is 67.9 Å². The van der Waals surface area contributed by atoms with Gasteiger partial charge in [0.05, 0.1) is 13.7 Å². The molecule has 2 heterocycles. The molecule has 1 unspecified atom stereocenters. The van der Waals surface area contributed by atoms with Crippen LogP contribution in [-0.4, -0.2) is 22.9 Å². The van der Waals surface area contributed by atoms with Crippen molar-refractivity contribution in [3.63, 3.8) is 0 Å². The van der Waals surface area contributed by atoms with Gasteiger partial charge in [-0.05, 0) is 85.8 Å². The second-order valence-electron chi connectivity index (χ2n) is 13.6. The number of unbranched alkanes of at least 4 members (excludes halogenated alkanes) is 1. The minimum atomic E-state index is 0.526. The van der Waals surface area contributed by atoms with Crippen molar-refractivity contribution in [2.24, 2.45) is 5.92 Å². The Kier molecular flexibility index (Phi) is 10.3. The van der Waals surface area contributed by atoms with Gasteiger partial charge in [-0.15, -0.1) is 0 Å². The maximum atomic E-state index is 6.69. The van der Waals surface area contributed by atoms with Gasteiger partial charge >= 0.3 is 0 Å². The molecule has 0 aliphatic rings. The number of para-hydroxylation sites is 2. The average molecular weight is 675 g/mol. The van der Waals surface area contributed by atoms with Gasteiger partial charge in [-0.25, -0.2) is 0 Å². The van der Waals surface area contributed by atoms with Crippen molar-refractivity contribution in [3.8, 4) is 11.5 Å². The summed E-state index contributed by atoms with van der Waals surface area (Å²) in [4.78, 5) is 0. The van der Waals surface area contributed by atoms with Gasteiger partial charge in [0.25, 0.3) is 0 Å². The molecule has 260 valence electrons. The maximum Gasteiger partial charge on any atom is 0.127 e. The van der Waals surface area contributed by atoms with E-state index in [0.717, 1.165) is 53.3 Å². The first-order valence-corrected chi connectivity index (χ1v) is 18.8. The van der Waals surface area contributed by atoms with Crippen LogP contribution in [0.2, 0.25) is 0 Å². The Morgan fingerprint density at radius 3 is 1.59 bits per heavy atom. The third-order valence-electron chi connectivity index (χ3n) is 10.5. The first kappa shape index (κ1) is 34.2. The molecule has 7 rings (SSSR count). The van der Waals surface area contributed by atoms with Crippen LogP contribution in [0.15, 0.2) is 97.1 Å². The Morgan fingerprint density at radius 2 is 1.08 bits per heavy atom. The van der Waals surface area contributed by atoms with E-state index >= 15 is 0 Å². The highest BCUT2D eigenvalue weighted by molar-refractivity contribution is 6.09. The predicted molar refractivity (Wildman–Crippen MR) is 220 cm³/mol. The average Bonchev–Trinajstić information content (AvgIpc) is 3.67. The molecule has 0 aliphatic heterocycles. The van der Waals surface area contributed by atoms with Crippen LogP contribution in [0.4, 0.5) is 0 Å². The molecule has 0 N–H and O–H groups in total. The molecule has 51 heavy (non-hydrogen) atoms. The topological polar surface area (TPSA) is 28.3 Å². The molecule has 0 saturated heterocycles. The zero-order chi connectivity index (χ0) is 35.3. The summed E-state index contributed by atoms with van der Waals surface area (Å²) < 4.78 is 17.5. The lowest BCUT2D eigenvalue weighted by molar-refractivity contribution is 0.232. The Balaban J connectivity index is 1.25. The fourth-order valence-electron chi connectivity index (χ4n) is 7.66. The summed E-state index contributed by atoms with van der Waals surface area (Å²) in [6.45, 7) is 11.5. The molecule has 0 spiro atoms. The van der Waals surface area contributed by atoms with E-state index in [1.807, 2.05) is 0 Å². The smallest absolute Gasteiger partial charge is 0.127 e. The summed E-state index contributed by atoms with van der Waals surface area (Å²) in [5.74, 6) is 2.23. The molecule has 7 aromatic rings. The zero-order valence-corrected chi connectivity index (χ0v) is 30.8. The minimum Gasteiger partial charge on any atom is -0.496 e. The Bertz CT molecular complexity index is 2370. The number of methoxy groups -OCH3 is 1. The number of aryl methyl sites for hydroxylation is 2. The number of rotatable bonds is 14. The first-order valence-electron chi connectivity index (χ1n) is 18.8. The van der Waals surface area contributed by atoms with Gasteiger partial charge in [-0.3, -0.25) is 0 Å². The van der Waals surface area contributed by atoms with Gasteiger partial charge in [0.2, 0.25) is 0 Å². The van der Waals surface area contributed by atoms with Gasteiger partial charge in [-0.2, -0.15) is 0 Å². The van der Waals surface area contributed by atoms with E-state index in [1.165, 1.54) is 62.9 Å². The first-order chi connectivity index (χ1) is 25.1. The third kappa shape index (κ3) is 6.80.